The third-order valence-corrected chi connectivity index (χ3v) is 3.10. The summed E-state index contributed by atoms with van der Waals surface area (Å²) in [4.78, 5) is 15.4. The summed E-state index contributed by atoms with van der Waals surface area (Å²) in [6.07, 6.45) is 0. The molecule has 2 rings (SSSR count). The number of rotatable bonds is 7. The Morgan fingerprint density at radius 3 is 2.90 bits per heavy atom. The third-order valence-electron chi connectivity index (χ3n) is 2.25. The van der Waals surface area contributed by atoms with Crippen molar-refractivity contribution >= 4 is 23.6 Å². The second kappa shape index (κ2) is 7.39. The van der Waals surface area contributed by atoms with Gasteiger partial charge in [0.1, 0.15) is 12.4 Å². The summed E-state index contributed by atoms with van der Waals surface area (Å²) >= 11 is 1.22. The predicted octanol–water partition coefficient (Wildman–Crippen LogP) is 0.674. The van der Waals surface area contributed by atoms with Crippen LogP contribution in [0.15, 0.2) is 35.5 Å². The van der Waals surface area contributed by atoms with E-state index in [9.17, 15) is 4.79 Å². The second-order valence-electron chi connectivity index (χ2n) is 3.80. The molecule has 8 heteroatoms. The van der Waals surface area contributed by atoms with E-state index in [0.717, 1.165) is 5.75 Å². The molecule has 0 bridgehead atoms. The van der Waals surface area contributed by atoms with E-state index in [2.05, 4.69) is 20.5 Å². The SMILES string of the molecule is Nc1nc(SCC(=O)NCCOc2ccccc2)n[nH]1. The lowest BCUT2D eigenvalue weighted by Gasteiger charge is -2.06. The van der Waals surface area contributed by atoms with Crippen molar-refractivity contribution in [3.63, 3.8) is 0 Å². The molecule has 7 nitrogen and oxygen atoms in total. The highest BCUT2D eigenvalue weighted by Gasteiger charge is 2.06. The number of ether oxygens (including phenoxy) is 1. The average Bonchev–Trinajstić information content (AvgIpc) is 2.88. The third kappa shape index (κ3) is 4.81. The molecule has 0 radical (unpaired) electrons. The Labute approximate surface area is 120 Å². The lowest BCUT2D eigenvalue weighted by molar-refractivity contribution is -0.118. The summed E-state index contributed by atoms with van der Waals surface area (Å²) in [5.74, 6) is 1.16. The molecule has 0 unspecified atom stereocenters. The van der Waals surface area contributed by atoms with Gasteiger partial charge in [-0.05, 0) is 12.1 Å². The molecule has 0 fully saturated rings. The number of benzene rings is 1. The lowest BCUT2D eigenvalue weighted by atomic mass is 10.3. The number of aromatic amines is 1. The van der Waals surface area contributed by atoms with Crippen LogP contribution < -0.4 is 15.8 Å². The van der Waals surface area contributed by atoms with Crippen molar-refractivity contribution in [2.45, 2.75) is 5.16 Å². The van der Waals surface area contributed by atoms with Gasteiger partial charge >= 0.3 is 0 Å². The van der Waals surface area contributed by atoms with E-state index in [1.54, 1.807) is 0 Å². The molecule has 0 spiro atoms. The number of carbonyl (C=O) groups excluding carboxylic acids is 1. The van der Waals surface area contributed by atoms with Gasteiger partial charge in [0.05, 0.1) is 12.3 Å². The smallest absolute Gasteiger partial charge is 0.230 e. The summed E-state index contributed by atoms with van der Waals surface area (Å²) < 4.78 is 5.45. The molecule has 1 aromatic heterocycles. The first-order chi connectivity index (χ1) is 9.74. The molecule has 0 aliphatic heterocycles. The molecular weight excluding hydrogens is 278 g/mol. The predicted molar refractivity (Wildman–Crippen MR) is 76.5 cm³/mol. The minimum Gasteiger partial charge on any atom is -0.492 e. The quantitative estimate of drug-likeness (QED) is 0.512. The molecule has 0 aliphatic rings. The first-order valence-corrected chi connectivity index (χ1v) is 6.98. The van der Waals surface area contributed by atoms with Gasteiger partial charge in [-0.2, -0.15) is 4.98 Å². The number of para-hydroxylation sites is 1. The van der Waals surface area contributed by atoms with Crippen molar-refractivity contribution in [3.05, 3.63) is 30.3 Å². The number of hydrogen-bond donors (Lipinski definition) is 3. The highest BCUT2D eigenvalue weighted by atomic mass is 32.2. The second-order valence-corrected chi connectivity index (χ2v) is 4.75. The van der Waals surface area contributed by atoms with Crippen LogP contribution in [0.3, 0.4) is 0 Å². The minimum absolute atomic E-state index is 0.102. The van der Waals surface area contributed by atoms with E-state index in [0.29, 0.717) is 18.3 Å². The molecule has 0 atom stereocenters. The van der Waals surface area contributed by atoms with Crippen molar-refractivity contribution in [3.8, 4) is 5.75 Å². The van der Waals surface area contributed by atoms with E-state index in [1.807, 2.05) is 30.3 Å². The highest BCUT2D eigenvalue weighted by Crippen LogP contribution is 2.11. The first-order valence-electron chi connectivity index (χ1n) is 5.99. The maximum Gasteiger partial charge on any atom is 0.230 e. The Kier molecular flexibility index (Phi) is 5.24. The normalized spacial score (nSPS) is 10.2. The van der Waals surface area contributed by atoms with Crippen LogP contribution in [-0.4, -0.2) is 40.0 Å². The van der Waals surface area contributed by atoms with E-state index in [1.165, 1.54) is 11.8 Å². The molecule has 1 aromatic carbocycles. The van der Waals surface area contributed by atoms with Crippen LogP contribution in [0.2, 0.25) is 0 Å². The standard InChI is InChI=1S/C12H15N5O2S/c13-11-15-12(17-16-11)20-8-10(18)14-6-7-19-9-4-2-1-3-5-9/h1-5H,6-8H2,(H,14,18)(H3,13,15,16,17). The number of nitrogens with one attached hydrogen (secondary N) is 2. The summed E-state index contributed by atoms with van der Waals surface area (Å²) in [7, 11) is 0. The van der Waals surface area contributed by atoms with Gasteiger partial charge in [0.2, 0.25) is 17.0 Å². The van der Waals surface area contributed by atoms with Gasteiger partial charge in [-0.3, -0.25) is 4.79 Å². The summed E-state index contributed by atoms with van der Waals surface area (Å²) in [6, 6.07) is 9.44. The number of hydrogen-bond acceptors (Lipinski definition) is 6. The number of nitrogens with two attached hydrogens (primary N) is 1. The lowest BCUT2D eigenvalue weighted by Crippen LogP contribution is -2.29. The van der Waals surface area contributed by atoms with E-state index < -0.39 is 0 Å². The zero-order valence-electron chi connectivity index (χ0n) is 10.7. The monoisotopic (exact) mass is 293 g/mol. The molecule has 4 N–H and O–H groups in total. The van der Waals surface area contributed by atoms with Crippen LogP contribution in [0, 0.1) is 0 Å². The number of aromatic nitrogens is 3. The Bertz CT molecular complexity index is 546. The Hall–Kier alpha value is -2.22. The van der Waals surface area contributed by atoms with Crippen molar-refractivity contribution in [2.75, 3.05) is 24.6 Å². The summed E-state index contributed by atoms with van der Waals surface area (Å²) in [5, 5.41) is 9.53. The van der Waals surface area contributed by atoms with Gasteiger partial charge < -0.3 is 15.8 Å². The van der Waals surface area contributed by atoms with Gasteiger partial charge in [-0.1, -0.05) is 30.0 Å². The fourth-order valence-electron chi connectivity index (χ4n) is 1.38. The van der Waals surface area contributed by atoms with E-state index in [4.69, 9.17) is 10.5 Å². The molecule has 1 heterocycles. The summed E-state index contributed by atoms with van der Waals surface area (Å²) in [6.45, 7) is 0.873. The molecule has 106 valence electrons. The number of nitrogens with zero attached hydrogens (tertiary/aromatic N) is 2. The average molecular weight is 293 g/mol. The van der Waals surface area contributed by atoms with E-state index in [-0.39, 0.29) is 17.6 Å². The highest BCUT2D eigenvalue weighted by molar-refractivity contribution is 7.99. The Morgan fingerprint density at radius 2 is 2.20 bits per heavy atom. The van der Waals surface area contributed by atoms with Crippen molar-refractivity contribution in [2.24, 2.45) is 0 Å². The van der Waals surface area contributed by atoms with Gasteiger partial charge in [0.15, 0.2) is 0 Å². The van der Waals surface area contributed by atoms with Crippen LogP contribution in [-0.2, 0) is 4.79 Å². The number of amides is 1. The first kappa shape index (κ1) is 14.2. The molecular formula is C12H15N5O2S. The molecule has 0 saturated heterocycles. The number of thioether (sulfide) groups is 1. The number of carbonyl (C=O) groups is 1. The van der Waals surface area contributed by atoms with Gasteiger partial charge in [0, 0.05) is 0 Å². The number of H-pyrrole nitrogens is 1. The van der Waals surface area contributed by atoms with Crippen LogP contribution in [0.5, 0.6) is 5.75 Å². The van der Waals surface area contributed by atoms with E-state index >= 15 is 0 Å². The molecule has 2 aromatic rings. The van der Waals surface area contributed by atoms with Gasteiger partial charge in [-0.25, -0.2) is 5.10 Å². The zero-order chi connectivity index (χ0) is 14.2. The maximum absolute atomic E-state index is 11.5. The topological polar surface area (TPSA) is 106 Å². The van der Waals surface area contributed by atoms with Crippen LogP contribution in [0.25, 0.3) is 0 Å². The summed E-state index contributed by atoms with van der Waals surface area (Å²) in [5.41, 5.74) is 5.38. The number of anilines is 1. The largest absolute Gasteiger partial charge is 0.492 e. The molecule has 0 saturated carbocycles. The van der Waals surface area contributed by atoms with Crippen molar-refractivity contribution in [1.29, 1.82) is 0 Å². The van der Waals surface area contributed by atoms with Crippen LogP contribution in [0.4, 0.5) is 5.95 Å². The van der Waals surface area contributed by atoms with Crippen molar-refractivity contribution in [1.82, 2.24) is 20.5 Å². The van der Waals surface area contributed by atoms with Gasteiger partial charge in [-0.15, -0.1) is 5.10 Å². The molecule has 20 heavy (non-hydrogen) atoms. The van der Waals surface area contributed by atoms with Crippen LogP contribution in [0.1, 0.15) is 0 Å². The molecule has 0 aliphatic carbocycles. The Morgan fingerprint density at radius 1 is 1.40 bits per heavy atom. The fraction of sp³-hybridized carbons (Fsp3) is 0.250. The Balaban J connectivity index is 1.58. The fourth-order valence-corrected chi connectivity index (χ4v) is 2.02. The maximum atomic E-state index is 11.5. The zero-order valence-corrected chi connectivity index (χ0v) is 11.5. The minimum atomic E-state index is -0.102. The number of nitrogen functional groups attached to an aromatic ring is 1. The molecule has 1 amide bonds. The van der Waals surface area contributed by atoms with Gasteiger partial charge in [0.25, 0.3) is 0 Å². The van der Waals surface area contributed by atoms with Crippen LogP contribution >= 0.6 is 11.8 Å². The van der Waals surface area contributed by atoms with Crippen molar-refractivity contribution < 1.29 is 9.53 Å².